The molecule has 11 heteroatoms. The van der Waals surface area contributed by atoms with Crippen molar-refractivity contribution in [3.05, 3.63) is 53.7 Å². The van der Waals surface area contributed by atoms with Gasteiger partial charge in [0.15, 0.2) is 10.7 Å². The number of rotatable bonds is 4. The molecule has 7 nitrogen and oxygen atoms in total. The first-order valence-corrected chi connectivity index (χ1v) is 8.75. The number of aryl methyl sites for hydroxylation is 2. The molecule has 3 aromatic rings. The molecule has 1 aromatic carbocycles. The van der Waals surface area contributed by atoms with Gasteiger partial charge in [0, 0.05) is 12.4 Å². The summed E-state index contributed by atoms with van der Waals surface area (Å²) in [7, 11) is -4.22. The predicted octanol–water partition coefficient (Wildman–Crippen LogP) is 3.30. The number of benzene rings is 1. The van der Waals surface area contributed by atoms with Crippen LogP contribution >= 0.6 is 0 Å². The number of hydrogen-bond acceptors (Lipinski definition) is 5. The summed E-state index contributed by atoms with van der Waals surface area (Å²) in [6, 6.07) is 4.27. The normalized spacial score (nSPS) is 12.3. The number of nitrogens with one attached hydrogen (secondary N) is 1. The lowest BCUT2D eigenvalue weighted by Crippen LogP contribution is -2.17. The topological polar surface area (TPSA) is 90.0 Å². The van der Waals surface area contributed by atoms with E-state index in [4.69, 9.17) is 4.52 Å². The first kappa shape index (κ1) is 18.0. The summed E-state index contributed by atoms with van der Waals surface area (Å²) in [5.41, 5.74) is -1.03. The summed E-state index contributed by atoms with van der Waals surface area (Å²) in [6.45, 7) is 2.82. The number of aromatic nitrogens is 3. The molecule has 2 heterocycles. The lowest BCUT2D eigenvalue weighted by Gasteiger charge is -2.15. The Bertz CT molecular complexity index is 1020. The van der Waals surface area contributed by atoms with Crippen molar-refractivity contribution in [2.24, 2.45) is 0 Å². The van der Waals surface area contributed by atoms with Gasteiger partial charge in [0.2, 0.25) is 0 Å². The standard InChI is InChI=1S/C15H13F3N4O3S/c1-9-14(10(2)25-20-9)26(23,24)21-12-8-11(15(16,17)18)4-5-13(12)22-7-3-6-19-22/h3-8,21H,1-2H3. The van der Waals surface area contributed by atoms with Crippen LogP contribution in [0.3, 0.4) is 0 Å². The molecule has 0 aliphatic carbocycles. The minimum absolute atomic E-state index is 0.0302. The van der Waals surface area contributed by atoms with Gasteiger partial charge in [0.25, 0.3) is 10.0 Å². The van der Waals surface area contributed by atoms with Gasteiger partial charge in [0.1, 0.15) is 5.69 Å². The monoisotopic (exact) mass is 386 g/mol. The zero-order chi connectivity index (χ0) is 19.1. The van der Waals surface area contributed by atoms with E-state index in [1.165, 1.54) is 30.9 Å². The van der Waals surface area contributed by atoms with Crippen molar-refractivity contribution in [1.29, 1.82) is 0 Å². The molecule has 0 atom stereocenters. The van der Waals surface area contributed by atoms with Gasteiger partial charge in [-0.05, 0) is 38.1 Å². The second-order valence-electron chi connectivity index (χ2n) is 5.44. The van der Waals surface area contributed by atoms with Crippen molar-refractivity contribution in [1.82, 2.24) is 14.9 Å². The Labute approximate surface area is 146 Å². The van der Waals surface area contributed by atoms with Crippen LogP contribution in [0.15, 0.2) is 46.1 Å². The maximum atomic E-state index is 13.1. The summed E-state index contributed by atoms with van der Waals surface area (Å²) in [4.78, 5) is -0.221. The number of hydrogen-bond donors (Lipinski definition) is 1. The second-order valence-corrected chi connectivity index (χ2v) is 7.06. The minimum atomic E-state index is -4.63. The van der Waals surface area contributed by atoms with E-state index < -0.39 is 21.8 Å². The lowest BCUT2D eigenvalue weighted by atomic mass is 10.1. The molecular formula is C15H13F3N4O3S. The summed E-state index contributed by atoms with van der Waals surface area (Å²) in [5, 5.41) is 7.50. The van der Waals surface area contributed by atoms with Crippen molar-refractivity contribution in [2.45, 2.75) is 24.9 Å². The molecule has 0 unspecified atom stereocenters. The Morgan fingerprint density at radius 3 is 2.50 bits per heavy atom. The van der Waals surface area contributed by atoms with E-state index in [1.54, 1.807) is 6.07 Å². The Morgan fingerprint density at radius 2 is 1.96 bits per heavy atom. The molecule has 0 saturated heterocycles. The molecule has 26 heavy (non-hydrogen) atoms. The second kappa shape index (κ2) is 6.16. The van der Waals surface area contributed by atoms with Gasteiger partial charge in [-0.25, -0.2) is 13.1 Å². The van der Waals surface area contributed by atoms with E-state index in [9.17, 15) is 21.6 Å². The fourth-order valence-corrected chi connectivity index (χ4v) is 3.86. The average Bonchev–Trinajstić information content (AvgIpc) is 3.16. The van der Waals surface area contributed by atoms with Gasteiger partial charge >= 0.3 is 6.18 Å². The maximum Gasteiger partial charge on any atom is 0.416 e. The van der Waals surface area contributed by atoms with Crippen LogP contribution in [0.4, 0.5) is 18.9 Å². The van der Waals surface area contributed by atoms with Crippen LogP contribution in [-0.4, -0.2) is 23.4 Å². The maximum absolute atomic E-state index is 13.1. The first-order chi connectivity index (χ1) is 12.1. The molecule has 0 bridgehead atoms. The van der Waals surface area contributed by atoms with Crippen LogP contribution in [0, 0.1) is 13.8 Å². The number of sulfonamides is 1. The summed E-state index contributed by atoms with van der Waals surface area (Å²) < 4.78 is 72.8. The fourth-order valence-electron chi connectivity index (χ4n) is 2.46. The van der Waals surface area contributed by atoms with Crippen molar-refractivity contribution in [3.63, 3.8) is 0 Å². The zero-order valence-corrected chi connectivity index (χ0v) is 14.4. The fraction of sp³-hybridized carbons (Fsp3) is 0.200. The molecule has 0 amide bonds. The third-order valence-electron chi connectivity index (χ3n) is 3.56. The average molecular weight is 386 g/mol. The Morgan fingerprint density at radius 1 is 1.23 bits per heavy atom. The highest BCUT2D eigenvalue weighted by Gasteiger charge is 2.32. The highest BCUT2D eigenvalue weighted by atomic mass is 32.2. The quantitative estimate of drug-likeness (QED) is 0.743. The summed E-state index contributed by atoms with van der Waals surface area (Å²) in [5.74, 6) is 0.0302. The molecule has 0 saturated carbocycles. The third kappa shape index (κ3) is 3.29. The van der Waals surface area contributed by atoms with E-state index >= 15 is 0 Å². The van der Waals surface area contributed by atoms with Crippen molar-refractivity contribution < 1.29 is 26.1 Å². The molecule has 0 spiro atoms. The lowest BCUT2D eigenvalue weighted by molar-refractivity contribution is -0.137. The zero-order valence-electron chi connectivity index (χ0n) is 13.6. The van der Waals surface area contributed by atoms with Gasteiger partial charge in [-0.2, -0.15) is 18.3 Å². The van der Waals surface area contributed by atoms with E-state index in [0.717, 1.165) is 12.1 Å². The molecule has 1 N–H and O–H groups in total. The van der Waals surface area contributed by atoms with Crippen LogP contribution in [0.5, 0.6) is 0 Å². The smallest absolute Gasteiger partial charge is 0.360 e. The molecule has 3 rings (SSSR count). The van der Waals surface area contributed by atoms with Gasteiger partial charge in [-0.1, -0.05) is 5.16 Å². The van der Waals surface area contributed by atoms with Crippen LogP contribution in [-0.2, 0) is 16.2 Å². The molecule has 0 aliphatic rings. The van der Waals surface area contributed by atoms with Gasteiger partial charge < -0.3 is 4.52 Å². The number of halogens is 3. The number of alkyl halides is 3. The third-order valence-corrected chi connectivity index (χ3v) is 5.16. The molecule has 138 valence electrons. The van der Waals surface area contributed by atoms with E-state index in [-0.39, 0.29) is 27.7 Å². The van der Waals surface area contributed by atoms with Crippen LogP contribution < -0.4 is 4.72 Å². The molecule has 0 radical (unpaired) electrons. The van der Waals surface area contributed by atoms with Crippen LogP contribution in [0.2, 0.25) is 0 Å². The predicted molar refractivity (Wildman–Crippen MR) is 85.4 cm³/mol. The molecule has 0 aliphatic heterocycles. The Hall–Kier alpha value is -2.82. The molecular weight excluding hydrogens is 373 g/mol. The highest BCUT2D eigenvalue weighted by Crippen LogP contribution is 2.34. The van der Waals surface area contributed by atoms with Crippen LogP contribution in [0.25, 0.3) is 5.69 Å². The van der Waals surface area contributed by atoms with Crippen molar-refractivity contribution >= 4 is 15.7 Å². The Kier molecular flexibility index (Phi) is 4.26. The van der Waals surface area contributed by atoms with Crippen LogP contribution in [0.1, 0.15) is 17.0 Å². The van der Waals surface area contributed by atoms with E-state index in [0.29, 0.717) is 6.07 Å². The number of anilines is 1. The molecule has 2 aromatic heterocycles. The largest absolute Gasteiger partial charge is 0.416 e. The van der Waals surface area contributed by atoms with E-state index in [1.807, 2.05) is 0 Å². The number of nitrogens with zero attached hydrogens (tertiary/aromatic N) is 3. The SMILES string of the molecule is Cc1noc(C)c1S(=O)(=O)Nc1cc(C(F)(F)F)ccc1-n1cccn1. The van der Waals surface area contributed by atoms with Gasteiger partial charge in [0.05, 0.1) is 16.9 Å². The summed E-state index contributed by atoms with van der Waals surface area (Å²) >= 11 is 0. The summed E-state index contributed by atoms with van der Waals surface area (Å²) in [6.07, 6.45) is -1.73. The minimum Gasteiger partial charge on any atom is -0.360 e. The highest BCUT2D eigenvalue weighted by molar-refractivity contribution is 7.92. The van der Waals surface area contributed by atoms with Crippen molar-refractivity contribution in [3.8, 4) is 5.69 Å². The first-order valence-electron chi connectivity index (χ1n) is 7.26. The Balaban J connectivity index is 2.13. The van der Waals surface area contributed by atoms with Gasteiger partial charge in [-0.15, -0.1) is 0 Å². The van der Waals surface area contributed by atoms with Crippen molar-refractivity contribution in [2.75, 3.05) is 4.72 Å². The van der Waals surface area contributed by atoms with Gasteiger partial charge in [-0.3, -0.25) is 4.72 Å². The van der Waals surface area contributed by atoms with E-state index in [2.05, 4.69) is 15.0 Å². The molecule has 0 fully saturated rings.